The molecule has 2 saturated carbocycles. The van der Waals surface area contributed by atoms with Crippen LogP contribution in [0.3, 0.4) is 0 Å². The molecular formula is C15H22IN3S. The lowest BCUT2D eigenvalue weighted by Crippen LogP contribution is -2.10. The van der Waals surface area contributed by atoms with Crippen molar-refractivity contribution in [3.05, 3.63) is 15.1 Å². The maximum atomic E-state index is 4.85. The molecule has 3 nitrogen and oxygen atoms in total. The number of rotatable bonds is 5. The van der Waals surface area contributed by atoms with Crippen molar-refractivity contribution in [3.63, 3.8) is 0 Å². The summed E-state index contributed by atoms with van der Waals surface area (Å²) >= 11 is 4.45. The first-order valence-electron chi connectivity index (χ1n) is 7.63. The normalized spacial score (nSPS) is 20.1. The molecule has 0 aliphatic heterocycles. The van der Waals surface area contributed by atoms with Crippen LogP contribution < -0.4 is 5.32 Å². The first-order chi connectivity index (χ1) is 9.78. The smallest absolute Gasteiger partial charge is 0.143 e. The van der Waals surface area contributed by atoms with E-state index in [1.807, 2.05) is 7.05 Å². The van der Waals surface area contributed by atoms with Gasteiger partial charge in [-0.2, -0.15) is 11.8 Å². The van der Waals surface area contributed by atoms with Crippen LogP contribution in [0.25, 0.3) is 0 Å². The van der Waals surface area contributed by atoms with Gasteiger partial charge in [0, 0.05) is 18.2 Å². The van der Waals surface area contributed by atoms with Crippen molar-refractivity contribution < 1.29 is 0 Å². The van der Waals surface area contributed by atoms with Gasteiger partial charge in [-0.1, -0.05) is 19.3 Å². The summed E-state index contributed by atoms with van der Waals surface area (Å²) in [5.74, 6) is 3.69. The average molecular weight is 403 g/mol. The fourth-order valence-corrected chi connectivity index (χ4v) is 4.93. The molecule has 0 atom stereocenters. The number of anilines is 1. The number of thioether (sulfide) groups is 1. The first kappa shape index (κ1) is 14.9. The van der Waals surface area contributed by atoms with Gasteiger partial charge in [-0.15, -0.1) is 0 Å². The molecule has 2 fully saturated rings. The van der Waals surface area contributed by atoms with Gasteiger partial charge >= 0.3 is 0 Å². The van der Waals surface area contributed by atoms with Crippen LogP contribution in [-0.4, -0.2) is 22.3 Å². The second-order valence-corrected chi connectivity index (χ2v) is 8.15. The van der Waals surface area contributed by atoms with Crippen molar-refractivity contribution >= 4 is 40.2 Å². The molecule has 0 radical (unpaired) electrons. The molecule has 1 N–H and O–H groups in total. The molecule has 0 aromatic carbocycles. The van der Waals surface area contributed by atoms with E-state index >= 15 is 0 Å². The summed E-state index contributed by atoms with van der Waals surface area (Å²) in [6.07, 6.45) is 9.58. The van der Waals surface area contributed by atoms with Gasteiger partial charge in [-0.3, -0.25) is 0 Å². The Balaban J connectivity index is 1.70. The summed E-state index contributed by atoms with van der Waals surface area (Å²) in [5, 5.41) is 4.06. The first-order valence-corrected chi connectivity index (χ1v) is 9.76. The highest BCUT2D eigenvalue weighted by molar-refractivity contribution is 14.1. The molecule has 5 heteroatoms. The van der Waals surface area contributed by atoms with Crippen LogP contribution in [0.1, 0.15) is 62.4 Å². The second kappa shape index (κ2) is 6.81. The minimum atomic E-state index is 0.690. The maximum Gasteiger partial charge on any atom is 0.143 e. The Morgan fingerprint density at radius 2 is 1.90 bits per heavy atom. The Morgan fingerprint density at radius 1 is 1.15 bits per heavy atom. The minimum Gasteiger partial charge on any atom is -0.372 e. The number of nitrogens with zero attached hydrogens (tertiary/aromatic N) is 2. The molecule has 0 bridgehead atoms. The van der Waals surface area contributed by atoms with Crippen molar-refractivity contribution in [2.75, 3.05) is 12.4 Å². The lowest BCUT2D eigenvalue weighted by molar-refractivity contribution is 0.516. The zero-order valence-corrected chi connectivity index (χ0v) is 15.0. The van der Waals surface area contributed by atoms with Crippen LogP contribution >= 0.6 is 34.4 Å². The number of hydrogen-bond acceptors (Lipinski definition) is 4. The third kappa shape index (κ3) is 3.59. The third-order valence-corrected chi connectivity index (χ3v) is 6.56. The maximum absolute atomic E-state index is 4.85. The van der Waals surface area contributed by atoms with E-state index in [0.717, 1.165) is 22.6 Å². The molecule has 0 unspecified atom stereocenters. The van der Waals surface area contributed by atoms with Crippen LogP contribution in [0, 0.1) is 3.57 Å². The van der Waals surface area contributed by atoms with Crippen molar-refractivity contribution in [1.29, 1.82) is 0 Å². The lowest BCUT2D eigenvalue weighted by Gasteiger charge is -2.20. The fraction of sp³-hybridized carbons (Fsp3) is 0.733. The third-order valence-electron chi connectivity index (χ3n) is 4.12. The standard InChI is InChI=1S/C15H22IN3S/c1-17-15-13(16)14(10-7-8-10)18-12(19-15)9-20-11-5-3-2-4-6-11/h10-11H,2-9H2,1H3,(H,17,18,19). The lowest BCUT2D eigenvalue weighted by atomic mass is 10.0. The summed E-state index contributed by atoms with van der Waals surface area (Å²) in [6.45, 7) is 0. The molecule has 3 rings (SSSR count). The van der Waals surface area contributed by atoms with Crippen molar-refractivity contribution in [2.24, 2.45) is 0 Å². The van der Waals surface area contributed by atoms with E-state index in [4.69, 9.17) is 9.97 Å². The highest BCUT2D eigenvalue weighted by Crippen LogP contribution is 2.42. The number of halogens is 1. The molecule has 2 aliphatic rings. The summed E-state index contributed by atoms with van der Waals surface area (Å²) in [4.78, 5) is 9.54. The Labute approximate surface area is 139 Å². The predicted octanol–water partition coefficient (Wildman–Crippen LogP) is 4.57. The van der Waals surface area contributed by atoms with Crippen LogP contribution in [-0.2, 0) is 5.75 Å². The van der Waals surface area contributed by atoms with Gasteiger partial charge in [0.1, 0.15) is 11.6 Å². The molecule has 0 spiro atoms. The summed E-state index contributed by atoms with van der Waals surface area (Å²) in [5.41, 5.74) is 1.28. The van der Waals surface area contributed by atoms with Gasteiger partial charge in [-0.25, -0.2) is 9.97 Å². The van der Waals surface area contributed by atoms with Gasteiger partial charge in [-0.05, 0) is 48.3 Å². The average Bonchev–Trinajstić information content (AvgIpc) is 3.32. The zero-order chi connectivity index (χ0) is 13.9. The van der Waals surface area contributed by atoms with Crippen LogP contribution in [0.5, 0.6) is 0 Å². The predicted molar refractivity (Wildman–Crippen MR) is 94.4 cm³/mol. The molecule has 1 aromatic heterocycles. The summed E-state index contributed by atoms with van der Waals surface area (Å²) < 4.78 is 1.22. The fourth-order valence-electron chi connectivity index (χ4n) is 2.79. The topological polar surface area (TPSA) is 37.8 Å². The van der Waals surface area contributed by atoms with E-state index in [1.54, 1.807) is 0 Å². The number of nitrogens with one attached hydrogen (secondary N) is 1. The van der Waals surface area contributed by atoms with Gasteiger partial charge in [0.2, 0.25) is 0 Å². The molecule has 1 heterocycles. The summed E-state index contributed by atoms with van der Waals surface area (Å²) in [6, 6.07) is 0. The highest BCUT2D eigenvalue weighted by atomic mass is 127. The molecule has 1 aromatic rings. The van der Waals surface area contributed by atoms with E-state index in [2.05, 4.69) is 39.7 Å². The van der Waals surface area contributed by atoms with Gasteiger partial charge in [0.15, 0.2) is 0 Å². The Bertz CT molecular complexity index is 470. The highest BCUT2D eigenvalue weighted by Gasteiger charge is 2.29. The van der Waals surface area contributed by atoms with Gasteiger partial charge in [0.05, 0.1) is 15.0 Å². The molecule has 110 valence electrons. The van der Waals surface area contributed by atoms with Crippen LogP contribution in [0.15, 0.2) is 0 Å². The quantitative estimate of drug-likeness (QED) is 0.732. The molecular weight excluding hydrogens is 381 g/mol. The van der Waals surface area contributed by atoms with E-state index in [0.29, 0.717) is 5.92 Å². The van der Waals surface area contributed by atoms with Gasteiger partial charge < -0.3 is 5.32 Å². The Hall–Kier alpha value is -0.0400. The monoisotopic (exact) mass is 403 g/mol. The molecule has 20 heavy (non-hydrogen) atoms. The van der Waals surface area contributed by atoms with Crippen LogP contribution in [0.4, 0.5) is 5.82 Å². The number of hydrogen-bond donors (Lipinski definition) is 1. The SMILES string of the molecule is CNc1nc(CSC2CCCCC2)nc(C2CC2)c1I. The largest absolute Gasteiger partial charge is 0.372 e. The minimum absolute atomic E-state index is 0.690. The van der Waals surface area contributed by atoms with E-state index in [-0.39, 0.29) is 0 Å². The van der Waals surface area contributed by atoms with Gasteiger partial charge in [0.25, 0.3) is 0 Å². The van der Waals surface area contributed by atoms with E-state index < -0.39 is 0 Å². The second-order valence-electron chi connectivity index (χ2n) is 5.78. The van der Waals surface area contributed by atoms with Crippen LogP contribution in [0.2, 0.25) is 0 Å². The van der Waals surface area contributed by atoms with Crippen molar-refractivity contribution in [2.45, 2.75) is 61.9 Å². The van der Waals surface area contributed by atoms with E-state index in [9.17, 15) is 0 Å². The van der Waals surface area contributed by atoms with E-state index in [1.165, 1.54) is 54.2 Å². The molecule has 0 saturated heterocycles. The Kier molecular flexibility index (Phi) is 5.07. The molecule has 0 amide bonds. The Morgan fingerprint density at radius 3 is 2.55 bits per heavy atom. The van der Waals surface area contributed by atoms with Crippen molar-refractivity contribution in [1.82, 2.24) is 9.97 Å². The molecule has 2 aliphatic carbocycles. The zero-order valence-electron chi connectivity index (χ0n) is 12.0. The summed E-state index contributed by atoms with van der Waals surface area (Å²) in [7, 11) is 1.96. The number of aromatic nitrogens is 2. The van der Waals surface area contributed by atoms with Crippen molar-refractivity contribution in [3.8, 4) is 0 Å².